The molecule has 4 rings (SSSR count). The number of rotatable bonds is 7. The number of hydrogen-bond acceptors (Lipinski definition) is 4. The van der Waals surface area contributed by atoms with Crippen molar-refractivity contribution in [3.63, 3.8) is 0 Å². The van der Waals surface area contributed by atoms with Gasteiger partial charge in [0.05, 0.1) is 22.5 Å². The summed E-state index contributed by atoms with van der Waals surface area (Å²) in [5.41, 5.74) is 1.75. The minimum atomic E-state index is -0.564. The quantitative estimate of drug-likeness (QED) is 0.440. The van der Waals surface area contributed by atoms with Gasteiger partial charge in [0.25, 0.3) is 5.56 Å². The molecule has 0 atom stereocenters. The summed E-state index contributed by atoms with van der Waals surface area (Å²) in [6, 6.07) is 21.3. The zero-order valence-electron chi connectivity index (χ0n) is 17.2. The summed E-state index contributed by atoms with van der Waals surface area (Å²) in [6.07, 6.45) is 0.542. The summed E-state index contributed by atoms with van der Waals surface area (Å²) >= 11 is 6.40. The van der Waals surface area contributed by atoms with Crippen molar-refractivity contribution in [1.29, 1.82) is 0 Å². The number of aryl methyl sites for hydroxylation is 1. The molecule has 0 radical (unpaired) electrons. The molecule has 32 heavy (non-hydrogen) atoms. The average molecular weight is 449 g/mol. The molecule has 1 heterocycles. The number of benzene rings is 3. The fourth-order valence-electron chi connectivity index (χ4n) is 3.74. The molecule has 0 amide bonds. The molecule has 0 aliphatic carbocycles. The van der Waals surface area contributed by atoms with Crippen molar-refractivity contribution in [1.82, 2.24) is 9.13 Å². The number of nitrogens with zero attached hydrogens (tertiary/aromatic N) is 2. The second kappa shape index (κ2) is 9.34. The Bertz CT molecular complexity index is 1390. The van der Waals surface area contributed by atoms with E-state index in [0.29, 0.717) is 27.9 Å². The molecule has 4 aromatic rings. The van der Waals surface area contributed by atoms with Gasteiger partial charge in [-0.05, 0) is 29.7 Å². The highest BCUT2D eigenvalue weighted by Gasteiger charge is 2.16. The summed E-state index contributed by atoms with van der Waals surface area (Å²) in [7, 11) is 0. The maximum absolute atomic E-state index is 13.4. The Morgan fingerprint density at radius 1 is 0.844 bits per heavy atom. The highest BCUT2D eigenvalue weighted by molar-refractivity contribution is 6.35. The third-order valence-corrected chi connectivity index (χ3v) is 5.73. The molecule has 162 valence electrons. The van der Waals surface area contributed by atoms with Gasteiger partial charge in [0.1, 0.15) is 6.61 Å². The lowest BCUT2D eigenvalue weighted by Crippen LogP contribution is -2.40. The van der Waals surface area contributed by atoms with E-state index in [-0.39, 0.29) is 24.4 Å². The van der Waals surface area contributed by atoms with Crippen LogP contribution in [0.5, 0.6) is 0 Å². The summed E-state index contributed by atoms with van der Waals surface area (Å²) < 4.78 is 2.74. The number of carbonyl (C=O) groups is 1. The van der Waals surface area contributed by atoms with Crippen LogP contribution in [0.25, 0.3) is 10.9 Å². The normalized spacial score (nSPS) is 11.1. The molecule has 0 spiro atoms. The lowest BCUT2D eigenvalue weighted by atomic mass is 10.1. The van der Waals surface area contributed by atoms with E-state index in [4.69, 9.17) is 16.7 Å². The van der Waals surface area contributed by atoms with Gasteiger partial charge in [0.2, 0.25) is 0 Å². The summed E-state index contributed by atoms with van der Waals surface area (Å²) in [5, 5.41) is 9.72. The molecule has 1 N–H and O–H groups in total. The van der Waals surface area contributed by atoms with Gasteiger partial charge in [-0.25, -0.2) is 4.79 Å². The van der Waals surface area contributed by atoms with Crippen LogP contribution in [0, 0.1) is 0 Å². The molecule has 0 unspecified atom stereocenters. The van der Waals surface area contributed by atoms with Gasteiger partial charge in [0.15, 0.2) is 5.78 Å². The Hall–Kier alpha value is -3.48. The molecule has 0 bridgehead atoms. The highest BCUT2D eigenvalue weighted by Crippen LogP contribution is 2.21. The van der Waals surface area contributed by atoms with Gasteiger partial charge in [-0.2, -0.15) is 0 Å². The molecular formula is C25H21ClN2O4. The number of Topliss-reactive ketones (excluding diaryl/α,β-unsaturated/α-hetero) is 1. The molecule has 0 fully saturated rings. The van der Waals surface area contributed by atoms with Gasteiger partial charge in [-0.3, -0.25) is 18.7 Å². The number of fused-ring (bicyclic) bond motifs is 1. The average Bonchev–Trinajstić information content (AvgIpc) is 2.82. The van der Waals surface area contributed by atoms with Gasteiger partial charge in [0, 0.05) is 12.1 Å². The van der Waals surface area contributed by atoms with Crippen molar-refractivity contribution in [3.05, 3.63) is 115 Å². The number of para-hydroxylation sites is 1. The van der Waals surface area contributed by atoms with Crippen molar-refractivity contribution < 1.29 is 9.90 Å². The molecule has 0 saturated heterocycles. The van der Waals surface area contributed by atoms with E-state index in [2.05, 4.69) is 0 Å². The molecule has 6 nitrogen and oxygen atoms in total. The standard InChI is InChI=1S/C25H21ClN2O4/c26-21-8-4-7-20-23(21)28(15-18-9-11-19(12-10-18)22(30)16-29)25(32)27(24(20)31)14-13-17-5-2-1-3-6-17/h1-12,29H,13-16H2. The minimum absolute atomic E-state index is 0.179. The van der Waals surface area contributed by atoms with E-state index < -0.39 is 12.3 Å². The molecule has 1 aromatic heterocycles. The van der Waals surface area contributed by atoms with E-state index in [9.17, 15) is 14.4 Å². The molecule has 0 aliphatic rings. The van der Waals surface area contributed by atoms with Crippen molar-refractivity contribution in [2.75, 3.05) is 6.61 Å². The summed E-state index contributed by atoms with van der Waals surface area (Å²) in [6.45, 7) is -0.141. The lowest BCUT2D eigenvalue weighted by molar-refractivity contribution is 0.0903. The Balaban J connectivity index is 1.79. The minimum Gasteiger partial charge on any atom is -0.388 e. The molecular weight excluding hydrogens is 428 g/mol. The first kappa shape index (κ1) is 21.7. The Morgan fingerprint density at radius 2 is 1.56 bits per heavy atom. The third-order valence-electron chi connectivity index (χ3n) is 5.42. The van der Waals surface area contributed by atoms with Crippen LogP contribution in [-0.2, 0) is 19.5 Å². The maximum atomic E-state index is 13.4. The van der Waals surface area contributed by atoms with Crippen LogP contribution in [0.4, 0.5) is 0 Å². The molecule has 0 saturated carbocycles. The zero-order valence-corrected chi connectivity index (χ0v) is 18.0. The van der Waals surface area contributed by atoms with E-state index in [1.807, 2.05) is 30.3 Å². The van der Waals surface area contributed by atoms with Crippen molar-refractivity contribution in [3.8, 4) is 0 Å². The van der Waals surface area contributed by atoms with Crippen LogP contribution in [0.3, 0.4) is 0 Å². The van der Waals surface area contributed by atoms with E-state index in [1.165, 1.54) is 9.13 Å². The number of ketones is 1. The number of aliphatic hydroxyl groups excluding tert-OH is 1. The monoisotopic (exact) mass is 448 g/mol. The van der Waals surface area contributed by atoms with Crippen LogP contribution in [0.15, 0.2) is 82.4 Å². The second-order valence-electron chi connectivity index (χ2n) is 7.48. The first-order valence-corrected chi connectivity index (χ1v) is 10.6. The molecule has 0 aliphatic heterocycles. The van der Waals surface area contributed by atoms with Crippen molar-refractivity contribution in [2.45, 2.75) is 19.5 Å². The topological polar surface area (TPSA) is 81.3 Å². The fourth-order valence-corrected chi connectivity index (χ4v) is 4.01. The number of aromatic nitrogens is 2. The predicted molar refractivity (Wildman–Crippen MR) is 125 cm³/mol. The van der Waals surface area contributed by atoms with Gasteiger partial charge >= 0.3 is 5.69 Å². The van der Waals surface area contributed by atoms with Crippen LogP contribution < -0.4 is 11.2 Å². The smallest absolute Gasteiger partial charge is 0.331 e. The molecule has 3 aromatic carbocycles. The largest absolute Gasteiger partial charge is 0.388 e. The zero-order chi connectivity index (χ0) is 22.7. The number of hydrogen-bond donors (Lipinski definition) is 1. The van der Waals surface area contributed by atoms with E-state index in [0.717, 1.165) is 11.1 Å². The third kappa shape index (κ3) is 4.28. The Morgan fingerprint density at radius 3 is 2.25 bits per heavy atom. The number of carbonyl (C=O) groups excluding carboxylic acids is 1. The Kier molecular flexibility index (Phi) is 6.35. The number of halogens is 1. The first-order valence-electron chi connectivity index (χ1n) is 10.2. The summed E-state index contributed by atoms with van der Waals surface area (Å²) in [5.74, 6) is -0.378. The van der Waals surface area contributed by atoms with E-state index in [1.54, 1.807) is 42.5 Å². The first-order chi connectivity index (χ1) is 15.5. The number of aliphatic hydroxyl groups is 1. The van der Waals surface area contributed by atoms with Crippen LogP contribution in [0.1, 0.15) is 21.5 Å². The van der Waals surface area contributed by atoms with Gasteiger partial charge in [-0.15, -0.1) is 0 Å². The van der Waals surface area contributed by atoms with Gasteiger partial charge < -0.3 is 5.11 Å². The lowest BCUT2D eigenvalue weighted by Gasteiger charge is -2.15. The fraction of sp³-hybridized carbons (Fsp3) is 0.160. The summed E-state index contributed by atoms with van der Waals surface area (Å²) in [4.78, 5) is 38.2. The van der Waals surface area contributed by atoms with E-state index >= 15 is 0 Å². The maximum Gasteiger partial charge on any atom is 0.331 e. The van der Waals surface area contributed by atoms with Crippen molar-refractivity contribution in [2.24, 2.45) is 0 Å². The van der Waals surface area contributed by atoms with Crippen molar-refractivity contribution >= 4 is 28.3 Å². The molecule has 7 heteroatoms. The van der Waals surface area contributed by atoms with Crippen LogP contribution in [0.2, 0.25) is 5.02 Å². The van der Waals surface area contributed by atoms with Crippen LogP contribution >= 0.6 is 11.6 Å². The second-order valence-corrected chi connectivity index (χ2v) is 7.88. The van der Waals surface area contributed by atoms with Gasteiger partial charge in [-0.1, -0.05) is 72.3 Å². The SMILES string of the molecule is O=C(CO)c1ccc(Cn2c(=O)n(CCc3ccccc3)c(=O)c3cccc(Cl)c32)cc1. The Labute approximate surface area is 188 Å². The highest BCUT2D eigenvalue weighted by atomic mass is 35.5. The predicted octanol–water partition coefficient (Wildman–Crippen LogP) is 3.28. The van der Waals surface area contributed by atoms with Crippen LogP contribution in [-0.4, -0.2) is 26.6 Å².